The summed E-state index contributed by atoms with van der Waals surface area (Å²) < 4.78 is 19.2. The quantitative estimate of drug-likeness (QED) is 0.148. The van der Waals surface area contributed by atoms with Gasteiger partial charge < -0.3 is 30.2 Å². The lowest BCUT2D eigenvalue weighted by Gasteiger charge is -2.31. The van der Waals surface area contributed by atoms with Crippen molar-refractivity contribution in [1.29, 1.82) is 0 Å². The number of alkyl carbamates (subject to hydrolysis) is 1. The van der Waals surface area contributed by atoms with Crippen LogP contribution in [0.5, 0.6) is 5.75 Å². The van der Waals surface area contributed by atoms with Gasteiger partial charge in [0.15, 0.2) is 0 Å². The Kier molecular flexibility index (Phi) is 11.3. The van der Waals surface area contributed by atoms with E-state index in [1.54, 1.807) is 10.9 Å². The van der Waals surface area contributed by atoms with E-state index in [1.165, 1.54) is 7.11 Å². The standard InChI is InChI=1S/C39H41N5O5/c1-47-39(46)43-37(36(29-12-4-2-5-13-29)30-14-6-3-7-15-30)38(45)42-35-16-9-8-11-28(35)17-20-33-25-40-26-34(49-33)27-48-32-21-18-31(19-22-32)44-24-10-23-41-44/h2-16,18-19,21-24,33-34,36-37,40H,17,20,25-27H2,1H3,(H,42,45)(H,43,46)/t33-,34+,37?/m1/s1. The number of aromatic nitrogens is 2. The van der Waals surface area contributed by atoms with Crippen molar-refractivity contribution in [2.75, 3.05) is 32.1 Å². The topological polar surface area (TPSA) is 116 Å². The number of carbonyl (C=O) groups excluding carboxylic acids is 2. The van der Waals surface area contributed by atoms with E-state index in [-0.39, 0.29) is 18.1 Å². The molecule has 10 nitrogen and oxygen atoms in total. The van der Waals surface area contributed by atoms with Crippen LogP contribution in [0.4, 0.5) is 10.5 Å². The second-order valence-corrected chi connectivity index (χ2v) is 11.9. The number of nitrogens with one attached hydrogen (secondary N) is 3. The maximum absolute atomic E-state index is 14.1. The summed E-state index contributed by atoms with van der Waals surface area (Å²) in [6, 6.07) is 35.9. The van der Waals surface area contributed by atoms with E-state index in [2.05, 4.69) is 21.0 Å². The first-order valence-corrected chi connectivity index (χ1v) is 16.5. The van der Waals surface area contributed by atoms with E-state index in [0.717, 1.165) is 41.1 Å². The molecule has 2 amide bonds. The highest BCUT2D eigenvalue weighted by Crippen LogP contribution is 2.30. The van der Waals surface area contributed by atoms with Crippen LogP contribution in [0, 0.1) is 0 Å². The summed E-state index contributed by atoms with van der Waals surface area (Å²) in [7, 11) is 1.29. The maximum Gasteiger partial charge on any atom is 0.407 e. The number of aryl methyl sites for hydroxylation is 1. The number of ether oxygens (including phenoxy) is 3. The zero-order valence-corrected chi connectivity index (χ0v) is 27.4. The summed E-state index contributed by atoms with van der Waals surface area (Å²) in [6.45, 7) is 1.85. The third-order valence-corrected chi connectivity index (χ3v) is 8.57. The van der Waals surface area contributed by atoms with Crippen LogP contribution >= 0.6 is 0 Å². The number of rotatable bonds is 13. The van der Waals surface area contributed by atoms with Gasteiger partial charge in [-0.2, -0.15) is 5.10 Å². The molecule has 5 aromatic rings. The Balaban J connectivity index is 1.09. The van der Waals surface area contributed by atoms with Crippen molar-refractivity contribution in [3.8, 4) is 11.4 Å². The number of anilines is 1. The zero-order chi connectivity index (χ0) is 33.8. The highest BCUT2D eigenvalue weighted by molar-refractivity contribution is 5.98. The number of para-hydroxylation sites is 1. The van der Waals surface area contributed by atoms with Gasteiger partial charge in [-0.1, -0.05) is 78.9 Å². The fraction of sp³-hybridized carbons (Fsp3) is 0.256. The van der Waals surface area contributed by atoms with Crippen LogP contribution in [0.3, 0.4) is 0 Å². The third kappa shape index (κ3) is 8.92. The summed E-state index contributed by atoms with van der Waals surface area (Å²) in [5, 5.41) is 13.7. The largest absolute Gasteiger partial charge is 0.491 e. The molecule has 0 bridgehead atoms. The number of benzene rings is 4. The molecule has 1 aliphatic heterocycles. The van der Waals surface area contributed by atoms with Crippen molar-refractivity contribution in [2.45, 2.75) is 37.0 Å². The summed E-state index contributed by atoms with van der Waals surface area (Å²) in [5.41, 5.74) is 4.41. The third-order valence-electron chi connectivity index (χ3n) is 8.57. The van der Waals surface area contributed by atoms with E-state index in [1.807, 2.05) is 121 Å². The van der Waals surface area contributed by atoms with E-state index < -0.39 is 18.1 Å². The van der Waals surface area contributed by atoms with E-state index in [0.29, 0.717) is 25.3 Å². The van der Waals surface area contributed by atoms with Crippen LogP contribution in [0.15, 0.2) is 128 Å². The Bertz CT molecular complexity index is 1730. The molecule has 4 aromatic carbocycles. The molecule has 3 N–H and O–H groups in total. The van der Waals surface area contributed by atoms with Crippen molar-refractivity contribution < 1.29 is 23.8 Å². The molecule has 0 aliphatic carbocycles. The summed E-state index contributed by atoms with van der Waals surface area (Å²) in [5.74, 6) is -0.0297. The lowest BCUT2D eigenvalue weighted by molar-refractivity contribution is -0.118. The minimum atomic E-state index is -0.946. The van der Waals surface area contributed by atoms with Gasteiger partial charge in [-0.15, -0.1) is 0 Å². The van der Waals surface area contributed by atoms with Gasteiger partial charge in [0.25, 0.3) is 0 Å². The van der Waals surface area contributed by atoms with Crippen molar-refractivity contribution >= 4 is 17.7 Å². The number of hydrogen-bond donors (Lipinski definition) is 3. The minimum Gasteiger partial charge on any atom is -0.491 e. The number of nitrogens with zero attached hydrogens (tertiary/aromatic N) is 2. The van der Waals surface area contributed by atoms with Gasteiger partial charge in [-0.25, -0.2) is 9.48 Å². The van der Waals surface area contributed by atoms with Crippen LogP contribution in [0.2, 0.25) is 0 Å². The first kappa shape index (κ1) is 33.5. The lowest BCUT2D eigenvalue weighted by atomic mass is 9.84. The molecular weight excluding hydrogens is 618 g/mol. The van der Waals surface area contributed by atoms with Crippen LogP contribution in [-0.4, -0.2) is 66.8 Å². The van der Waals surface area contributed by atoms with Gasteiger partial charge in [-0.05, 0) is 65.9 Å². The Labute approximate surface area is 286 Å². The van der Waals surface area contributed by atoms with Crippen LogP contribution < -0.4 is 20.7 Å². The van der Waals surface area contributed by atoms with Gasteiger partial charge in [0.2, 0.25) is 5.91 Å². The second kappa shape index (κ2) is 16.6. The molecule has 49 heavy (non-hydrogen) atoms. The fourth-order valence-electron chi connectivity index (χ4n) is 6.12. The van der Waals surface area contributed by atoms with E-state index in [4.69, 9.17) is 14.2 Å². The van der Waals surface area contributed by atoms with Crippen molar-refractivity contribution in [2.24, 2.45) is 0 Å². The molecular formula is C39H41N5O5. The molecule has 1 unspecified atom stereocenters. The van der Waals surface area contributed by atoms with Crippen molar-refractivity contribution in [1.82, 2.24) is 20.4 Å². The highest BCUT2D eigenvalue weighted by Gasteiger charge is 2.33. The number of morpholine rings is 1. The molecule has 0 saturated carbocycles. The average Bonchev–Trinajstić information content (AvgIpc) is 3.70. The Morgan fingerprint density at radius 3 is 2.22 bits per heavy atom. The van der Waals surface area contributed by atoms with Gasteiger partial charge in [-0.3, -0.25) is 4.79 Å². The summed E-state index contributed by atoms with van der Waals surface area (Å²) in [4.78, 5) is 26.6. The average molecular weight is 660 g/mol. The van der Waals surface area contributed by atoms with Gasteiger partial charge in [0, 0.05) is 37.1 Å². The monoisotopic (exact) mass is 659 g/mol. The van der Waals surface area contributed by atoms with Gasteiger partial charge in [0.1, 0.15) is 24.5 Å². The predicted molar refractivity (Wildman–Crippen MR) is 188 cm³/mol. The van der Waals surface area contributed by atoms with Crippen molar-refractivity contribution in [3.05, 3.63) is 144 Å². The Morgan fingerprint density at radius 2 is 1.55 bits per heavy atom. The van der Waals surface area contributed by atoms with Crippen molar-refractivity contribution in [3.63, 3.8) is 0 Å². The molecule has 1 fully saturated rings. The molecule has 0 radical (unpaired) electrons. The van der Waals surface area contributed by atoms with Crippen LogP contribution in [-0.2, 0) is 20.7 Å². The molecule has 1 aliphatic rings. The smallest absolute Gasteiger partial charge is 0.407 e. The molecule has 6 rings (SSSR count). The molecule has 0 spiro atoms. The predicted octanol–water partition coefficient (Wildman–Crippen LogP) is 5.74. The van der Waals surface area contributed by atoms with Crippen LogP contribution in [0.25, 0.3) is 5.69 Å². The lowest BCUT2D eigenvalue weighted by Crippen LogP contribution is -2.48. The van der Waals surface area contributed by atoms with E-state index >= 15 is 0 Å². The summed E-state index contributed by atoms with van der Waals surface area (Å²) in [6.07, 6.45) is 4.27. The number of carbonyl (C=O) groups is 2. The first-order chi connectivity index (χ1) is 24.1. The van der Waals surface area contributed by atoms with E-state index in [9.17, 15) is 9.59 Å². The maximum atomic E-state index is 14.1. The molecule has 1 aromatic heterocycles. The zero-order valence-electron chi connectivity index (χ0n) is 27.4. The summed E-state index contributed by atoms with van der Waals surface area (Å²) >= 11 is 0. The molecule has 3 atom stereocenters. The Hall–Kier alpha value is -5.45. The fourth-order valence-corrected chi connectivity index (χ4v) is 6.12. The number of hydrogen-bond acceptors (Lipinski definition) is 7. The second-order valence-electron chi connectivity index (χ2n) is 11.9. The molecule has 10 heteroatoms. The van der Waals surface area contributed by atoms with Gasteiger partial charge >= 0.3 is 6.09 Å². The SMILES string of the molecule is COC(=O)NC(C(=O)Nc1ccccc1CC[C@@H]1CNC[C@@H](COc2ccc(-n3cccn3)cc2)O1)C(c1ccccc1)c1ccccc1. The first-order valence-electron chi connectivity index (χ1n) is 16.5. The minimum absolute atomic E-state index is 0.0254. The number of methoxy groups -OCH3 is 1. The van der Waals surface area contributed by atoms with Crippen LogP contribution in [0.1, 0.15) is 29.0 Å². The normalized spacial score (nSPS) is 16.4. The molecule has 2 heterocycles. The Morgan fingerprint density at radius 1 is 0.878 bits per heavy atom. The molecule has 1 saturated heterocycles. The highest BCUT2D eigenvalue weighted by atomic mass is 16.5. The number of amides is 2. The van der Waals surface area contributed by atoms with Gasteiger partial charge in [0.05, 0.1) is 18.9 Å². The molecule has 252 valence electrons.